The lowest BCUT2D eigenvalue weighted by molar-refractivity contribution is -0.0171. The van der Waals surface area contributed by atoms with Crippen molar-refractivity contribution in [2.75, 3.05) is 25.1 Å². The molecule has 1 aliphatic heterocycles. The zero-order valence-electron chi connectivity index (χ0n) is 9.03. The Labute approximate surface area is 95.0 Å². The van der Waals surface area contributed by atoms with Gasteiger partial charge < -0.3 is 9.64 Å². The second-order valence-electron chi connectivity index (χ2n) is 4.17. The van der Waals surface area contributed by atoms with E-state index >= 15 is 0 Å². The minimum absolute atomic E-state index is 0.0152. The van der Waals surface area contributed by atoms with Crippen LogP contribution < -0.4 is 4.90 Å². The summed E-state index contributed by atoms with van der Waals surface area (Å²) < 4.78 is 5.39. The summed E-state index contributed by atoms with van der Waals surface area (Å²) in [7, 11) is 1.75. The monoisotopic (exact) mass is 226 g/mol. The molecule has 3 nitrogen and oxygen atoms in total. The van der Waals surface area contributed by atoms with E-state index in [1.165, 1.54) is 0 Å². The molecule has 0 aromatic carbocycles. The summed E-state index contributed by atoms with van der Waals surface area (Å²) in [4.78, 5) is 6.51. The quantitative estimate of drug-likeness (QED) is 0.738. The van der Waals surface area contributed by atoms with E-state index in [4.69, 9.17) is 16.3 Å². The first-order valence-corrected chi connectivity index (χ1v) is 5.51. The fourth-order valence-electron chi connectivity index (χ4n) is 1.77. The highest BCUT2D eigenvalue weighted by atomic mass is 35.5. The lowest BCUT2D eigenvalue weighted by Crippen LogP contribution is -2.61. The zero-order chi connectivity index (χ0) is 10.9. The van der Waals surface area contributed by atoms with Gasteiger partial charge in [0.1, 0.15) is 5.82 Å². The molecule has 0 saturated carbocycles. The molecule has 1 saturated heterocycles. The van der Waals surface area contributed by atoms with E-state index in [1.807, 2.05) is 12.1 Å². The SMILES string of the molecule is COC1(C)CN(c2cc(CCl)ccn2)C1. The molecule has 1 aromatic rings. The van der Waals surface area contributed by atoms with E-state index in [0.29, 0.717) is 5.88 Å². The minimum atomic E-state index is -0.0152. The van der Waals surface area contributed by atoms with Crippen molar-refractivity contribution < 1.29 is 4.74 Å². The Hall–Kier alpha value is -0.800. The Morgan fingerprint density at radius 2 is 2.33 bits per heavy atom. The van der Waals surface area contributed by atoms with Crippen LogP contribution in [0, 0.1) is 0 Å². The lowest BCUT2D eigenvalue weighted by Gasteiger charge is -2.47. The second-order valence-corrected chi connectivity index (χ2v) is 4.43. The minimum Gasteiger partial charge on any atom is -0.375 e. The van der Waals surface area contributed by atoms with Crippen molar-refractivity contribution in [1.29, 1.82) is 0 Å². The number of aromatic nitrogens is 1. The molecule has 0 amide bonds. The van der Waals surface area contributed by atoms with Crippen molar-refractivity contribution in [2.24, 2.45) is 0 Å². The number of ether oxygens (including phenoxy) is 1. The largest absolute Gasteiger partial charge is 0.375 e. The van der Waals surface area contributed by atoms with Crippen LogP contribution in [0.1, 0.15) is 12.5 Å². The summed E-state index contributed by atoms with van der Waals surface area (Å²) in [6, 6.07) is 3.97. The third-order valence-electron chi connectivity index (χ3n) is 2.83. The van der Waals surface area contributed by atoms with Crippen LogP contribution in [0.5, 0.6) is 0 Å². The molecule has 4 heteroatoms. The smallest absolute Gasteiger partial charge is 0.128 e. The Morgan fingerprint density at radius 1 is 1.60 bits per heavy atom. The fourth-order valence-corrected chi connectivity index (χ4v) is 1.94. The number of alkyl halides is 1. The standard InChI is InChI=1S/C11H15ClN2O/c1-11(15-2)7-14(8-11)10-5-9(6-12)3-4-13-10/h3-5H,6-8H2,1-2H3. The molecule has 15 heavy (non-hydrogen) atoms. The van der Waals surface area contributed by atoms with Gasteiger partial charge in [0.05, 0.1) is 5.60 Å². The van der Waals surface area contributed by atoms with E-state index in [1.54, 1.807) is 13.3 Å². The topological polar surface area (TPSA) is 25.4 Å². The van der Waals surface area contributed by atoms with E-state index in [2.05, 4.69) is 16.8 Å². The number of halogens is 1. The molecule has 2 rings (SSSR count). The van der Waals surface area contributed by atoms with Crippen molar-refractivity contribution in [1.82, 2.24) is 4.98 Å². The first-order valence-electron chi connectivity index (χ1n) is 4.98. The van der Waals surface area contributed by atoms with Gasteiger partial charge in [0, 0.05) is 32.3 Å². The van der Waals surface area contributed by atoms with Crippen LogP contribution in [-0.4, -0.2) is 30.8 Å². The maximum absolute atomic E-state index is 5.78. The number of pyridine rings is 1. The van der Waals surface area contributed by atoms with E-state index < -0.39 is 0 Å². The van der Waals surface area contributed by atoms with Gasteiger partial charge in [-0.3, -0.25) is 0 Å². The molecule has 0 aliphatic carbocycles. The number of anilines is 1. The molecule has 0 unspecified atom stereocenters. The van der Waals surface area contributed by atoms with Gasteiger partial charge in [-0.1, -0.05) is 0 Å². The highest BCUT2D eigenvalue weighted by Crippen LogP contribution is 2.28. The normalized spacial score (nSPS) is 18.7. The number of rotatable bonds is 3. The van der Waals surface area contributed by atoms with Crippen molar-refractivity contribution in [2.45, 2.75) is 18.4 Å². The number of hydrogen-bond donors (Lipinski definition) is 0. The Bertz CT molecular complexity index is 350. The highest BCUT2D eigenvalue weighted by molar-refractivity contribution is 6.17. The third kappa shape index (κ3) is 2.08. The van der Waals surface area contributed by atoms with Crippen LogP contribution in [0.4, 0.5) is 5.82 Å². The second kappa shape index (κ2) is 3.99. The van der Waals surface area contributed by atoms with E-state index in [-0.39, 0.29) is 5.60 Å². The molecule has 0 N–H and O–H groups in total. The van der Waals surface area contributed by atoms with E-state index in [9.17, 15) is 0 Å². The van der Waals surface area contributed by atoms with E-state index in [0.717, 1.165) is 24.5 Å². The lowest BCUT2D eigenvalue weighted by atomic mass is 9.96. The fraction of sp³-hybridized carbons (Fsp3) is 0.545. The van der Waals surface area contributed by atoms with Gasteiger partial charge in [0.25, 0.3) is 0 Å². The summed E-state index contributed by atoms with van der Waals surface area (Å²) in [6.45, 7) is 3.89. The Morgan fingerprint density at radius 3 is 2.93 bits per heavy atom. The van der Waals surface area contributed by atoms with Gasteiger partial charge in [0.2, 0.25) is 0 Å². The van der Waals surface area contributed by atoms with Gasteiger partial charge in [0.15, 0.2) is 0 Å². The first-order chi connectivity index (χ1) is 7.17. The molecule has 1 aromatic heterocycles. The van der Waals surface area contributed by atoms with Gasteiger partial charge in [-0.15, -0.1) is 11.6 Å². The zero-order valence-corrected chi connectivity index (χ0v) is 9.79. The van der Waals surface area contributed by atoms with Crippen LogP contribution in [0.2, 0.25) is 0 Å². The van der Waals surface area contributed by atoms with Crippen LogP contribution in [-0.2, 0) is 10.6 Å². The van der Waals surface area contributed by atoms with Crippen LogP contribution in [0.15, 0.2) is 18.3 Å². The maximum atomic E-state index is 5.78. The molecule has 0 radical (unpaired) electrons. The van der Waals surface area contributed by atoms with Crippen molar-refractivity contribution >= 4 is 17.4 Å². The average Bonchev–Trinajstić information content (AvgIpc) is 2.25. The van der Waals surface area contributed by atoms with Gasteiger partial charge >= 0.3 is 0 Å². The van der Waals surface area contributed by atoms with Crippen LogP contribution in [0.25, 0.3) is 0 Å². The average molecular weight is 227 g/mol. The summed E-state index contributed by atoms with van der Waals surface area (Å²) in [6.07, 6.45) is 1.80. The third-order valence-corrected chi connectivity index (χ3v) is 3.14. The Kier molecular flexibility index (Phi) is 2.85. The summed E-state index contributed by atoms with van der Waals surface area (Å²) in [5.74, 6) is 1.52. The Balaban J connectivity index is 2.06. The van der Waals surface area contributed by atoms with Gasteiger partial charge in [-0.05, 0) is 24.6 Å². The molecular weight excluding hydrogens is 212 g/mol. The van der Waals surface area contributed by atoms with Crippen LogP contribution >= 0.6 is 11.6 Å². The summed E-state index contributed by atoms with van der Waals surface area (Å²) >= 11 is 5.78. The number of nitrogens with zero attached hydrogens (tertiary/aromatic N) is 2. The molecule has 2 heterocycles. The van der Waals surface area contributed by atoms with Crippen LogP contribution in [0.3, 0.4) is 0 Å². The molecule has 0 atom stereocenters. The molecule has 1 aliphatic rings. The number of methoxy groups -OCH3 is 1. The predicted molar refractivity (Wildman–Crippen MR) is 61.4 cm³/mol. The van der Waals surface area contributed by atoms with Crippen molar-refractivity contribution in [3.63, 3.8) is 0 Å². The molecule has 82 valence electrons. The maximum Gasteiger partial charge on any atom is 0.128 e. The first kappa shape index (κ1) is 10.7. The van der Waals surface area contributed by atoms with Gasteiger partial charge in [-0.25, -0.2) is 4.98 Å². The highest BCUT2D eigenvalue weighted by Gasteiger charge is 2.39. The summed E-state index contributed by atoms with van der Waals surface area (Å²) in [5, 5.41) is 0. The number of hydrogen-bond acceptors (Lipinski definition) is 3. The predicted octanol–water partition coefficient (Wildman–Crippen LogP) is 2.05. The molecular formula is C11H15ClN2O. The molecule has 0 spiro atoms. The molecule has 0 bridgehead atoms. The van der Waals surface area contributed by atoms with Crippen molar-refractivity contribution in [3.05, 3.63) is 23.9 Å². The summed E-state index contributed by atoms with van der Waals surface area (Å²) in [5.41, 5.74) is 1.09. The van der Waals surface area contributed by atoms with Crippen molar-refractivity contribution in [3.8, 4) is 0 Å². The van der Waals surface area contributed by atoms with Gasteiger partial charge in [-0.2, -0.15) is 0 Å². The molecule has 1 fully saturated rings.